The van der Waals surface area contributed by atoms with Crippen LogP contribution in [0.4, 0.5) is 0 Å². The van der Waals surface area contributed by atoms with Crippen LogP contribution in [0.1, 0.15) is 310 Å². The number of rotatable bonds is 52. The Kier molecular flexibility index (Phi) is 51.7. The summed E-state index contributed by atoms with van der Waals surface area (Å²) in [5.74, 6) is -0.865. The molecule has 0 N–H and O–H groups in total. The average molecular weight is 901 g/mol. The topological polar surface area (TPSA) is 78.9 Å². The molecule has 64 heavy (non-hydrogen) atoms. The second kappa shape index (κ2) is 53.5. The Morgan fingerprint density at radius 2 is 0.562 bits per heavy atom. The molecule has 0 radical (unpaired) electrons. The van der Waals surface area contributed by atoms with E-state index in [4.69, 9.17) is 14.2 Å². The lowest BCUT2D eigenvalue weighted by Crippen LogP contribution is -2.30. The average Bonchev–Trinajstić information content (AvgIpc) is 3.29. The van der Waals surface area contributed by atoms with E-state index in [9.17, 15) is 14.4 Å². The molecule has 1 atom stereocenters. The van der Waals surface area contributed by atoms with Crippen molar-refractivity contribution in [2.75, 3.05) is 13.2 Å². The summed E-state index contributed by atoms with van der Waals surface area (Å²) < 4.78 is 16.9. The molecule has 0 amide bonds. The standard InChI is InChI=1S/C58H108O6/c1-4-7-10-13-16-19-22-25-28-31-33-36-39-42-45-48-51-57(60)63-54-55(64-58(61)52-49-46-43-40-37-34-30-27-24-21-18-15-12-9-6-3)53-62-56(59)50-47-44-41-38-35-32-29-26-23-20-17-14-11-8-5-2/h18,21,27,30,55H,4-17,19-20,22-26,28-29,31-54H2,1-3H3/b21-18+,30-27+/t55-/m1/s1. The number of carbonyl (C=O) groups is 3. The van der Waals surface area contributed by atoms with Crippen LogP contribution in [-0.2, 0) is 28.6 Å². The molecule has 0 spiro atoms. The number of unbranched alkanes of at least 4 members (excludes halogenated alkanes) is 37. The minimum atomic E-state index is -0.773. The van der Waals surface area contributed by atoms with Gasteiger partial charge < -0.3 is 14.2 Å². The molecule has 376 valence electrons. The normalized spacial score (nSPS) is 12.1. The molecule has 0 aromatic carbocycles. The highest BCUT2D eigenvalue weighted by molar-refractivity contribution is 5.71. The summed E-state index contributed by atoms with van der Waals surface area (Å²) in [6.07, 6.45) is 61.6. The van der Waals surface area contributed by atoms with Gasteiger partial charge in [-0.05, 0) is 51.4 Å². The first-order valence-corrected chi connectivity index (χ1v) is 28.3. The van der Waals surface area contributed by atoms with Gasteiger partial charge in [-0.3, -0.25) is 14.4 Å². The quantitative estimate of drug-likeness (QED) is 0.0262. The molecule has 6 heteroatoms. The summed E-state index contributed by atoms with van der Waals surface area (Å²) in [6.45, 7) is 6.65. The van der Waals surface area contributed by atoms with E-state index in [0.717, 1.165) is 77.0 Å². The highest BCUT2D eigenvalue weighted by Crippen LogP contribution is 2.17. The van der Waals surface area contributed by atoms with E-state index in [1.807, 2.05) is 0 Å². The number of hydrogen-bond donors (Lipinski definition) is 0. The molecule has 0 unspecified atom stereocenters. The van der Waals surface area contributed by atoms with Crippen molar-refractivity contribution in [1.82, 2.24) is 0 Å². The highest BCUT2D eigenvalue weighted by atomic mass is 16.6. The minimum Gasteiger partial charge on any atom is -0.462 e. The van der Waals surface area contributed by atoms with Gasteiger partial charge in [0.1, 0.15) is 13.2 Å². The van der Waals surface area contributed by atoms with E-state index < -0.39 is 6.10 Å². The van der Waals surface area contributed by atoms with Crippen molar-refractivity contribution in [1.29, 1.82) is 0 Å². The van der Waals surface area contributed by atoms with E-state index in [1.165, 1.54) is 193 Å². The molecule has 0 aliphatic carbocycles. The second-order valence-corrected chi connectivity index (χ2v) is 19.2. The third kappa shape index (κ3) is 50.9. The molecule has 0 saturated carbocycles. The molecule has 6 nitrogen and oxygen atoms in total. The van der Waals surface area contributed by atoms with E-state index in [1.54, 1.807) is 0 Å². The van der Waals surface area contributed by atoms with Crippen LogP contribution in [0.3, 0.4) is 0 Å². The minimum absolute atomic E-state index is 0.0716. The first-order chi connectivity index (χ1) is 31.5. The van der Waals surface area contributed by atoms with Crippen LogP contribution < -0.4 is 0 Å². The first kappa shape index (κ1) is 61.9. The molecule has 0 aromatic heterocycles. The Morgan fingerprint density at radius 1 is 0.312 bits per heavy atom. The van der Waals surface area contributed by atoms with Crippen LogP contribution >= 0.6 is 0 Å². The van der Waals surface area contributed by atoms with E-state index in [0.29, 0.717) is 19.3 Å². The van der Waals surface area contributed by atoms with Gasteiger partial charge in [0.15, 0.2) is 6.10 Å². The lowest BCUT2D eigenvalue weighted by molar-refractivity contribution is -0.167. The molecule has 0 fully saturated rings. The number of carbonyl (C=O) groups excluding carboxylic acids is 3. The summed E-state index contributed by atoms with van der Waals surface area (Å²) in [6, 6.07) is 0. The lowest BCUT2D eigenvalue weighted by Gasteiger charge is -2.18. The van der Waals surface area contributed by atoms with Crippen LogP contribution in [0, 0.1) is 0 Å². The summed E-state index contributed by atoms with van der Waals surface area (Å²) >= 11 is 0. The van der Waals surface area contributed by atoms with Crippen molar-refractivity contribution in [3.63, 3.8) is 0 Å². The van der Waals surface area contributed by atoms with Gasteiger partial charge in [0.2, 0.25) is 0 Å². The van der Waals surface area contributed by atoms with Crippen LogP contribution in [0.2, 0.25) is 0 Å². The largest absolute Gasteiger partial charge is 0.462 e. The number of hydrogen-bond acceptors (Lipinski definition) is 6. The fourth-order valence-electron chi connectivity index (χ4n) is 8.42. The Hall–Kier alpha value is -2.11. The number of esters is 3. The van der Waals surface area contributed by atoms with E-state index in [-0.39, 0.29) is 31.1 Å². The maximum absolute atomic E-state index is 12.8. The second-order valence-electron chi connectivity index (χ2n) is 19.2. The molecular formula is C58H108O6. The zero-order valence-corrected chi connectivity index (χ0v) is 43.1. The maximum atomic E-state index is 12.8. The molecule has 0 rings (SSSR count). The van der Waals surface area contributed by atoms with Crippen LogP contribution in [0.25, 0.3) is 0 Å². The van der Waals surface area contributed by atoms with E-state index in [2.05, 4.69) is 45.1 Å². The van der Waals surface area contributed by atoms with Crippen molar-refractivity contribution in [3.05, 3.63) is 24.3 Å². The van der Waals surface area contributed by atoms with Crippen molar-refractivity contribution >= 4 is 17.9 Å². The van der Waals surface area contributed by atoms with Crippen molar-refractivity contribution in [2.24, 2.45) is 0 Å². The van der Waals surface area contributed by atoms with Gasteiger partial charge in [0, 0.05) is 19.3 Å². The first-order valence-electron chi connectivity index (χ1n) is 28.3. The molecule has 0 aromatic rings. The number of allylic oxidation sites excluding steroid dienone is 4. The zero-order chi connectivity index (χ0) is 46.5. The van der Waals surface area contributed by atoms with Gasteiger partial charge >= 0.3 is 17.9 Å². The Morgan fingerprint density at radius 3 is 0.891 bits per heavy atom. The summed E-state index contributed by atoms with van der Waals surface area (Å²) in [5.41, 5.74) is 0. The highest BCUT2D eigenvalue weighted by Gasteiger charge is 2.19. The zero-order valence-electron chi connectivity index (χ0n) is 43.1. The van der Waals surface area contributed by atoms with Gasteiger partial charge in [-0.15, -0.1) is 0 Å². The fraction of sp³-hybridized carbons (Fsp3) is 0.879. The Labute approximate surface area is 398 Å². The fourth-order valence-corrected chi connectivity index (χ4v) is 8.42. The van der Waals surface area contributed by atoms with Crippen LogP contribution in [0.5, 0.6) is 0 Å². The van der Waals surface area contributed by atoms with Crippen LogP contribution in [-0.4, -0.2) is 37.2 Å². The lowest BCUT2D eigenvalue weighted by atomic mass is 10.0. The summed E-state index contributed by atoms with van der Waals surface area (Å²) in [4.78, 5) is 38.1. The van der Waals surface area contributed by atoms with Gasteiger partial charge in [-0.25, -0.2) is 0 Å². The van der Waals surface area contributed by atoms with Crippen LogP contribution in [0.15, 0.2) is 24.3 Å². The Bertz CT molecular complexity index is 1040. The molecule has 0 saturated heterocycles. The molecular weight excluding hydrogens is 793 g/mol. The summed E-state index contributed by atoms with van der Waals surface area (Å²) in [5, 5.41) is 0. The van der Waals surface area contributed by atoms with Gasteiger partial charge in [0.05, 0.1) is 0 Å². The monoisotopic (exact) mass is 901 g/mol. The predicted octanol–water partition coefficient (Wildman–Crippen LogP) is 18.7. The summed E-state index contributed by atoms with van der Waals surface area (Å²) in [7, 11) is 0. The molecule has 0 heterocycles. The third-order valence-electron chi connectivity index (χ3n) is 12.7. The van der Waals surface area contributed by atoms with Crippen molar-refractivity contribution in [3.8, 4) is 0 Å². The third-order valence-corrected chi connectivity index (χ3v) is 12.7. The van der Waals surface area contributed by atoms with E-state index >= 15 is 0 Å². The van der Waals surface area contributed by atoms with Gasteiger partial charge in [0.25, 0.3) is 0 Å². The van der Waals surface area contributed by atoms with Gasteiger partial charge in [-0.1, -0.05) is 263 Å². The van der Waals surface area contributed by atoms with Crippen molar-refractivity contribution in [2.45, 2.75) is 316 Å². The predicted molar refractivity (Wildman–Crippen MR) is 275 cm³/mol. The number of ether oxygens (including phenoxy) is 3. The molecule has 0 bridgehead atoms. The maximum Gasteiger partial charge on any atom is 0.306 e. The molecule has 0 aliphatic rings. The van der Waals surface area contributed by atoms with Gasteiger partial charge in [-0.2, -0.15) is 0 Å². The smallest absolute Gasteiger partial charge is 0.306 e. The molecule has 0 aliphatic heterocycles. The SMILES string of the molecule is CCCCC/C=C/C/C=C/CCCCCCCC(=O)O[C@H](COC(=O)CCCCCCCCCCCCCCCCC)COC(=O)CCCCCCCCCCCCCCCCCC. The Balaban J connectivity index is 4.34. The van der Waals surface area contributed by atoms with Crippen molar-refractivity contribution < 1.29 is 28.6 Å².